The normalized spacial score (nSPS) is 18.5. The number of carbonyl (C=O) groups excluding carboxylic acids is 1. The maximum absolute atomic E-state index is 14.1. The highest BCUT2D eigenvalue weighted by molar-refractivity contribution is 7.99. The number of ether oxygens (including phenoxy) is 2. The molecule has 210 valence electrons. The second kappa shape index (κ2) is 11.6. The standard InChI is InChI=1S/C33H32ClN3O3S/c34-25-7-3-22(4-8-25)15-26-18-29(33(38)37-14-11-27(19-37)41-20-36-12-1-2-13-36)28-16-23(5-9-30(28)35-26)24-6-10-31-32(17-24)40-21-39-31/h3-10,16-18,27H,1-2,11-15,19-21H2. The van der Waals surface area contributed by atoms with Crippen LogP contribution in [0.4, 0.5) is 0 Å². The molecule has 1 aromatic heterocycles. The lowest BCUT2D eigenvalue weighted by Crippen LogP contribution is -2.30. The molecule has 3 aliphatic heterocycles. The molecular formula is C33H32ClN3O3S. The van der Waals surface area contributed by atoms with Gasteiger partial charge in [0.25, 0.3) is 5.91 Å². The van der Waals surface area contributed by atoms with Crippen molar-refractivity contribution in [2.24, 2.45) is 0 Å². The van der Waals surface area contributed by atoms with Gasteiger partial charge in [0.05, 0.1) is 11.1 Å². The summed E-state index contributed by atoms with van der Waals surface area (Å²) in [4.78, 5) is 23.7. The summed E-state index contributed by atoms with van der Waals surface area (Å²) < 4.78 is 11.1. The molecule has 8 heteroatoms. The van der Waals surface area contributed by atoms with Crippen LogP contribution in [-0.4, -0.2) is 64.8 Å². The lowest BCUT2D eigenvalue weighted by Gasteiger charge is -2.20. The number of amides is 1. The van der Waals surface area contributed by atoms with E-state index in [2.05, 4.69) is 17.0 Å². The molecule has 2 fully saturated rings. The Morgan fingerprint density at radius 2 is 1.71 bits per heavy atom. The molecule has 4 heterocycles. The fourth-order valence-corrected chi connectivity index (χ4v) is 7.32. The molecule has 0 spiro atoms. The van der Waals surface area contributed by atoms with Crippen LogP contribution < -0.4 is 9.47 Å². The van der Waals surface area contributed by atoms with Crippen LogP contribution in [0.1, 0.15) is 40.9 Å². The number of pyridine rings is 1. The predicted octanol–water partition coefficient (Wildman–Crippen LogP) is 6.88. The first-order valence-electron chi connectivity index (χ1n) is 14.3. The number of fused-ring (bicyclic) bond motifs is 2. The fraction of sp³-hybridized carbons (Fsp3) is 0.333. The van der Waals surface area contributed by atoms with E-state index in [1.165, 1.54) is 25.9 Å². The molecule has 6 nitrogen and oxygen atoms in total. The number of hydrogen-bond donors (Lipinski definition) is 0. The highest BCUT2D eigenvalue weighted by Crippen LogP contribution is 2.37. The molecule has 41 heavy (non-hydrogen) atoms. The Kier molecular flexibility index (Phi) is 7.50. The highest BCUT2D eigenvalue weighted by Gasteiger charge is 2.29. The number of benzene rings is 3. The topological polar surface area (TPSA) is 54.9 Å². The zero-order chi connectivity index (χ0) is 27.8. The van der Waals surface area contributed by atoms with E-state index in [1.54, 1.807) is 0 Å². The van der Waals surface area contributed by atoms with Crippen LogP contribution in [0.15, 0.2) is 66.7 Å². The third-order valence-corrected chi connectivity index (χ3v) is 9.84. The minimum Gasteiger partial charge on any atom is -0.454 e. The molecule has 7 rings (SSSR count). The minimum absolute atomic E-state index is 0.0851. The Labute approximate surface area is 249 Å². The van der Waals surface area contributed by atoms with E-state index in [-0.39, 0.29) is 12.7 Å². The molecular weight excluding hydrogens is 554 g/mol. The number of aromatic nitrogens is 1. The lowest BCUT2D eigenvalue weighted by atomic mass is 9.98. The van der Waals surface area contributed by atoms with Crippen LogP contribution >= 0.6 is 23.4 Å². The van der Waals surface area contributed by atoms with E-state index in [0.29, 0.717) is 22.3 Å². The summed E-state index contributed by atoms with van der Waals surface area (Å²) >= 11 is 8.12. The van der Waals surface area contributed by atoms with Gasteiger partial charge in [-0.15, -0.1) is 11.8 Å². The Balaban J connectivity index is 1.20. The molecule has 0 aliphatic carbocycles. The van der Waals surface area contributed by atoms with Crippen LogP contribution in [0, 0.1) is 0 Å². The van der Waals surface area contributed by atoms with Crippen molar-refractivity contribution in [3.05, 3.63) is 88.6 Å². The van der Waals surface area contributed by atoms with E-state index < -0.39 is 0 Å². The van der Waals surface area contributed by atoms with Gasteiger partial charge in [-0.05, 0) is 91.5 Å². The summed E-state index contributed by atoms with van der Waals surface area (Å²) in [6, 6.07) is 22.0. The van der Waals surface area contributed by atoms with Gasteiger partial charge in [0, 0.05) is 46.7 Å². The van der Waals surface area contributed by atoms with Gasteiger partial charge in [0.2, 0.25) is 6.79 Å². The van der Waals surface area contributed by atoms with Crippen molar-refractivity contribution in [1.29, 1.82) is 0 Å². The fourth-order valence-electron chi connectivity index (χ4n) is 5.96. The zero-order valence-electron chi connectivity index (χ0n) is 22.9. The van der Waals surface area contributed by atoms with Crippen LogP contribution in [-0.2, 0) is 6.42 Å². The number of likely N-dealkylation sites (tertiary alicyclic amines) is 2. The molecule has 0 N–H and O–H groups in total. The summed E-state index contributed by atoms with van der Waals surface area (Å²) in [6.07, 6.45) is 4.27. The van der Waals surface area contributed by atoms with Crippen LogP contribution in [0.2, 0.25) is 5.02 Å². The van der Waals surface area contributed by atoms with Crippen molar-refractivity contribution < 1.29 is 14.3 Å². The summed E-state index contributed by atoms with van der Waals surface area (Å²) in [6.45, 7) is 4.22. The first kappa shape index (κ1) is 26.6. The molecule has 1 amide bonds. The number of rotatable bonds is 7. The number of halogens is 1. The van der Waals surface area contributed by atoms with Crippen LogP contribution in [0.5, 0.6) is 11.5 Å². The van der Waals surface area contributed by atoms with Gasteiger partial charge >= 0.3 is 0 Å². The van der Waals surface area contributed by atoms with Crippen LogP contribution in [0.25, 0.3) is 22.0 Å². The van der Waals surface area contributed by atoms with E-state index in [9.17, 15) is 4.79 Å². The molecule has 3 aromatic carbocycles. The van der Waals surface area contributed by atoms with Crippen molar-refractivity contribution in [1.82, 2.24) is 14.8 Å². The summed E-state index contributed by atoms with van der Waals surface area (Å²) in [7, 11) is 0. The summed E-state index contributed by atoms with van der Waals surface area (Å²) in [5.41, 5.74) is 5.54. The molecule has 3 aliphatic rings. The molecule has 0 bridgehead atoms. The number of carbonyl (C=O) groups is 1. The molecule has 1 unspecified atom stereocenters. The molecule has 0 radical (unpaired) electrons. The molecule has 4 aromatic rings. The van der Waals surface area contributed by atoms with Gasteiger partial charge in [0.1, 0.15) is 0 Å². The van der Waals surface area contributed by atoms with Gasteiger partial charge < -0.3 is 14.4 Å². The van der Waals surface area contributed by atoms with Crippen molar-refractivity contribution in [3.8, 4) is 22.6 Å². The van der Waals surface area contributed by atoms with Gasteiger partial charge in [-0.2, -0.15) is 0 Å². The average Bonchev–Trinajstić information content (AvgIpc) is 3.78. The SMILES string of the molecule is O=C(c1cc(Cc2ccc(Cl)cc2)nc2ccc(-c3ccc4c(c3)OCO4)cc12)N1CCC(SCN2CCCC2)C1. The molecule has 1 atom stereocenters. The summed E-state index contributed by atoms with van der Waals surface area (Å²) in [5, 5.41) is 2.06. The predicted molar refractivity (Wildman–Crippen MR) is 165 cm³/mol. The monoisotopic (exact) mass is 585 g/mol. The second-order valence-electron chi connectivity index (χ2n) is 11.0. The van der Waals surface area contributed by atoms with Gasteiger partial charge in [-0.1, -0.05) is 35.9 Å². The Bertz CT molecular complexity index is 1590. The molecule has 2 saturated heterocycles. The van der Waals surface area contributed by atoms with E-state index in [0.717, 1.165) is 70.2 Å². The lowest BCUT2D eigenvalue weighted by molar-refractivity contribution is 0.0795. The minimum atomic E-state index is 0.0851. The highest BCUT2D eigenvalue weighted by atomic mass is 35.5. The van der Waals surface area contributed by atoms with Crippen molar-refractivity contribution >= 4 is 40.2 Å². The van der Waals surface area contributed by atoms with Gasteiger partial charge in [-0.3, -0.25) is 14.7 Å². The van der Waals surface area contributed by atoms with E-state index in [1.807, 2.05) is 71.3 Å². The maximum Gasteiger partial charge on any atom is 0.254 e. The molecule has 0 saturated carbocycles. The van der Waals surface area contributed by atoms with Crippen molar-refractivity contribution in [2.75, 3.05) is 38.8 Å². The first-order valence-corrected chi connectivity index (χ1v) is 15.7. The Morgan fingerprint density at radius 1 is 0.927 bits per heavy atom. The smallest absolute Gasteiger partial charge is 0.254 e. The van der Waals surface area contributed by atoms with Gasteiger partial charge in [0.15, 0.2) is 11.5 Å². The number of nitrogens with zero attached hydrogens (tertiary/aromatic N) is 3. The summed E-state index contributed by atoms with van der Waals surface area (Å²) in [5.74, 6) is 2.64. The third kappa shape index (κ3) is 5.76. The van der Waals surface area contributed by atoms with Gasteiger partial charge in [-0.25, -0.2) is 0 Å². The zero-order valence-corrected chi connectivity index (χ0v) is 24.4. The Morgan fingerprint density at radius 3 is 2.56 bits per heavy atom. The number of hydrogen-bond acceptors (Lipinski definition) is 6. The van der Waals surface area contributed by atoms with Crippen LogP contribution in [0.3, 0.4) is 0 Å². The quantitative estimate of drug-likeness (QED) is 0.236. The second-order valence-corrected chi connectivity index (χ2v) is 12.7. The first-order chi connectivity index (χ1) is 20.1. The maximum atomic E-state index is 14.1. The van der Waals surface area contributed by atoms with Crippen molar-refractivity contribution in [3.63, 3.8) is 0 Å². The largest absolute Gasteiger partial charge is 0.454 e. The third-order valence-electron chi connectivity index (χ3n) is 8.22. The average molecular weight is 586 g/mol. The van der Waals surface area contributed by atoms with Crippen molar-refractivity contribution in [2.45, 2.75) is 30.9 Å². The van der Waals surface area contributed by atoms with E-state index >= 15 is 0 Å². The number of thioether (sulfide) groups is 1. The van der Waals surface area contributed by atoms with E-state index in [4.69, 9.17) is 26.1 Å². The Hall–Kier alpha value is -3.26.